The van der Waals surface area contributed by atoms with E-state index in [-0.39, 0.29) is 64.2 Å². The molecule has 77 heavy (non-hydrogen) atoms. The average molecular weight is 1100 g/mol. The number of amides is 1. The van der Waals surface area contributed by atoms with Crippen molar-refractivity contribution in [3.05, 3.63) is 141 Å². The van der Waals surface area contributed by atoms with E-state index in [1.165, 1.54) is 57.2 Å². The van der Waals surface area contributed by atoms with Crippen LogP contribution in [-0.4, -0.2) is 53.5 Å². The van der Waals surface area contributed by atoms with Gasteiger partial charge in [0, 0.05) is 51.2 Å². The molecule has 428 valence electrons. The SMILES string of the molecule is CC(C)(C)C(=O)CC(=O)NCc1ccc(F)cc1.CC(C)(C)C(=O)CF.CC(C)(C)C(=O)c1ccc(CF)cc1.CC(C)C(=O)c1c(F)c(F)c(F)c(F)c1F.CC(C)C(=O)c1ccc(F)cc1.CC(F)C(=O)C(C)(C)C. The Kier molecular flexibility index (Phi) is 30.6. The second kappa shape index (κ2) is 32.4. The maximum Gasteiger partial charge on any atom is 0.227 e. The molecule has 0 bridgehead atoms. The van der Waals surface area contributed by atoms with E-state index >= 15 is 0 Å². The predicted octanol–water partition coefficient (Wildman–Crippen LogP) is 15.2. The van der Waals surface area contributed by atoms with Crippen molar-refractivity contribution in [3.63, 3.8) is 0 Å². The number of alkyl halides is 3. The van der Waals surface area contributed by atoms with Crippen molar-refractivity contribution in [2.75, 3.05) is 6.67 Å². The molecule has 1 atom stereocenters. The van der Waals surface area contributed by atoms with Crippen LogP contribution in [0, 0.1) is 74.2 Å². The van der Waals surface area contributed by atoms with Gasteiger partial charge in [0.2, 0.25) is 11.7 Å². The third-order valence-electron chi connectivity index (χ3n) is 10.3. The minimum atomic E-state index is -2.27. The van der Waals surface area contributed by atoms with Gasteiger partial charge < -0.3 is 5.32 Å². The maximum absolute atomic E-state index is 13.1. The van der Waals surface area contributed by atoms with Gasteiger partial charge in [0.1, 0.15) is 30.8 Å². The molecule has 4 rings (SSSR count). The highest BCUT2D eigenvalue weighted by molar-refractivity contribution is 6.01. The fraction of sp³-hybridized carbons (Fsp3) is 0.475. The molecule has 0 aliphatic carbocycles. The molecule has 0 saturated carbocycles. The molecule has 4 aromatic carbocycles. The second-order valence-electron chi connectivity index (χ2n) is 22.2. The van der Waals surface area contributed by atoms with Crippen molar-refractivity contribution in [1.82, 2.24) is 5.32 Å². The first-order valence-corrected chi connectivity index (χ1v) is 24.3. The number of hydrogen-bond donors (Lipinski definition) is 1. The number of carbonyl (C=O) groups excluding carboxylic acids is 7. The number of benzene rings is 4. The van der Waals surface area contributed by atoms with Crippen molar-refractivity contribution in [3.8, 4) is 0 Å². The number of halogens is 10. The summed E-state index contributed by atoms with van der Waals surface area (Å²) in [6.45, 7) is 27.7. The van der Waals surface area contributed by atoms with Crippen LogP contribution in [0.15, 0.2) is 72.8 Å². The van der Waals surface area contributed by atoms with Gasteiger partial charge in [0.25, 0.3) is 0 Å². The van der Waals surface area contributed by atoms with E-state index in [9.17, 15) is 77.5 Å². The molecule has 4 aromatic rings. The van der Waals surface area contributed by atoms with Gasteiger partial charge in [-0.25, -0.2) is 43.9 Å². The van der Waals surface area contributed by atoms with E-state index in [0.29, 0.717) is 23.2 Å². The summed E-state index contributed by atoms with van der Waals surface area (Å²) < 4.78 is 125. The molecule has 1 unspecified atom stereocenters. The Morgan fingerprint density at radius 1 is 0.455 bits per heavy atom. The van der Waals surface area contributed by atoms with E-state index in [1.54, 1.807) is 98.7 Å². The van der Waals surface area contributed by atoms with Gasteiger partial charge in [-0.2, -0.15) is 0 Å². The summed E-state index contributed by atoms with van der Waals surface area (Å²) in [6, 6.07) is 18.2. The van der Waals surface area contributed by atoms with E-state index in [0.717, 1.165) is 5.56 Å². The van der Waals surface area contributed by atoms with Gasteiger partial charge in [-0.1, -0.05) is 147 Å². The highest BCUT2D eigenvalue weighted by atomic mass is 19.2. The van der Waals surface area contributed by atoms with Crippen LogP contribution in [0.1, 0.15) is 166 Å². The largest absolute Gasteiger partial charge is 0.352 e. The number of carbonyl (C=O) groups is 7. The molecule has 0 radical (unpaired) electrons. The van der Waals surface area contributed by atoms with Crippen LogP contribution in [-0.2, 0) is 32.4 Å². The topological polar surface area (TPSA) is 132 Å². The van der Waals surface area contributed by atoms with Gasteiger partial charge in [0.15, 0.2) is 58.4 Å². The number of hydrogen-bond acceptors (Lipinski definition) is 7. The van der Waals surface area contributed by atoms with E-state index in [2.05, 4.69) is 5.32 Å². The van der Waals surface area contributed by atoms with E-state index < -0.39 is 82.1 Å². The van der Waals surface area contributed by atoms with Gasteiger partial charge >= 0.3 is 0 Å². The molecule has 0 saturated heterocycles. The third kappa shape index (κ3) is 27.0. The lowest BCUT2D eigenvalue weighted by Gasteiger charge is -2.16. The van der Waals surface area contributed by atoms with Crippen molar-refractivity contribution >= 4 is 40.6 Å². The highest BCUT2D eigenvalue weighted by Gasteiger charge is 2.31. The van der Waals surface area contributed by atoms with Crippen LogP contribution >= 0.6 is 0 Å². The Labute approximate surface area is 447 Å². The summed E-state index contributed by atoms with van der Waals surface area (Å²) in [5, 5.41) is 2.64. The first-order valence-electron chi connectivity index (χ1n) is 24.3. The summed E-state index contributed by atoms with van der Waals surface area (Å²) in [7, 11) is 0. The normalized spacial score (nSPS) is 11.5. The van der Waals surface area contributed by atoms with Crippen LogP contribution in [0.4, 0.5) is 43.9 Å². The van der Waals surface area contributed by atoms with Crippen molar-refractivity contribution in [2.45, 2.75) is 144 Å². The Hall–Kier alpha value is -6.33. The predicted molar refractivity (Wildman–Crippen MR) is 279 cm³/mol. The first kappa shape index (κ1) is 72.7. The number of nitrogens with one attached hydrogen (secondary N) is 1. The molecule has 0 aliphatic heterocycles. The standard InChI is InChI=1S/C14H18FNO2.C12H15FO.C10H7F5O.C10H11FO.C7H13FO.C6H11FO/c1-14(2,3)12(17)8-13(18)16-9-10-4-6-11(15)7-5-10;1-12(2,3)11(14)10-6-4-9(8-13)5-7-10;1-3(2)10(16)4-5(11)7(13)9(15)8(14)6(4)12;1-7(2)10(12)8-3-5-9(11)6-4-8;1-5(8)6(9)7(2,3)4;1-6(2,3)5(8)4-7/h4-7H,8-9H2,1-3H3,(H,16,18);4-7H,8H2,1-3H3;3H,1-2H3;3-7H,1-2H3;5H,1-4H3;4H2,1-3H3. The van der Waals surface area contributed by atoms with Crippen molar-refractivity contribution < 1.29 is 77.5 Å². The smallest absolute Gasteiger partial charge is 0.227 e. The van der Waals surface area contributed by atoms with Gasteiger partial charge in [-0.3, -0.25) is 33.6 Å². The monoisotopic (exact) mass is 1100 g/mol. The molecular formula is C59H75F10NO7. The van der Waals surface area contributed by atoms with Gasteiger partial charge in [0.05, 0.1) is 12.0 Å². The van der Waals surface area contributed by atoms with E-state index in [1.807, 2.05) is 34.6 Å². The molecule has 18 heteroatoms. The van der Waals surface area contributed by atoms with Crippen LogP contribution in [0.3, 0.4) is 0 Å². The number of ketones is 6. The molecule has 0 heterocycles. The van der Waals surface area contributed by atoms with Gasteiger partial charge in [-0.05, 0) is 54.4 Å². The zero-order chi connectivity index (χ0) is 60.7. The zero-order valence-electron chi connectivity index (χ0n) is 47.1. The summed E-state index contributed by atoms with van der Waals surface area (Å²) in [5.41, 5.74) is -0.677. The first-order chi connectivity index (χ1) is 35.0. The molecule has 0 aliphatic rings. The van der Waals surface area contributed by atoms with Crippen LogP contribution in [0.2, 0.25) is 0 Å². The molecule has 8 nitrogen and oxygen atoms in total. The van der Waals surface area contributed by atoms with E-state index in [4.69, 9.17) is 0 Å². The summed E-state index contributed by atoms with van der Waals surface area (Å²) in [5.74, 6) is -14.2. The summed E-state index contributed by atoms with van der Waals surface area (Å²) in [4.78, 5) is 78.8. The van der Waals surface area contributed by atoms with Crippen LogP contribution in [0.5, 0.6) is 0 Å². The van der Waals surface area contributed by atoms with Crippen LogP contribution in [0.25, 0.3) is 0 Å². The lowest BCUT2D eigenvalue weighted by Crippen LogP contribution is -2.30. The average Bonchev–Trinajstić information content (AvgIpc) is 3.34. The summed E-state index contributed by atoms with van der Waals surface area (Å²) >= 11 is 0. The van der Waals surface area contributed by atoms with Crippen molar-refractivity contribution in [2.24, 2.45) is 33.5 Å². The molecule has 0 spiro atoms. The fourth-order valence-electron chi connectivity index (χ4n) is 5.31. The van der Waals surface area contributed by atoms with Crippen molar-refractivity contribution in [1.29, 1.82) is 0 Å². The fourth-order valence-corrected chi connectivity index (χ4v) is 5.31. The second-order valence-corrected chi connectivity index (χ2v) is 22.2. The minimum Gasteiger partial charge on any atom is -0.352 e. The third-order valence-corrected chi connectivity index (χ3v) is 10.3. The van der Waals surface area contributed by atoms with Gasteiger partial charge in [-0.15, -0.1) is 0 Å². The maximum atomic E-state index is 13.1. The molecule has 1 amide bonds. The summed E-state index contributed by atoms with van der Waals surface area (Å²) in [6.07, 6.45) is -1.45. The Morgan fingerprint density at radius 3 is 1.12 bits per heavy atom. The van der Waals surface area contributed by atoms with Crippen LogP contribution < -0.4 is 5.32 Å². The Morgan fingerprint density at radius 2 is 0.818 bits per heavy atom. The lowest BCUT2D eigenvalue weighted by molar-refractivity contribution is -0.133. The Bertz CT molecular complexity index is 2540. The minimum absolute atomic E-state index is 0.0320. The highest BCUT2D eigenvalue weighted by Crippen LogP contribution is 2.26. The zero-order valence-corrected chi connectivity index (χ0v) is 47.1. The molecule has 0 fully saturated rings. The Balaban J connectivity index is 0. The molecular weight excluding hydrogens is 1020 g/mol. The quantitative estimate of drug-likeness (QED) is 0.0491. The number of rotatable bonds is 12. The molecule has 0 aromatic heterocycles. The number of Topliss-reactive ketones (excluding diaryl/α,β-unsaturated/α-hetero) is 6. The lowest BCUT2D eigenvalue weighted by atomic mass is 9.86. The molecule has 1 N–H and O–H groups in total.